The van der Waals surface area contributed by atoms with Crippen LogP contribution in [-0.4, -0.2) is 15.0 Å². The van der Waals surface area contributed by atoms with E-state index < -0.39 is 0 Å². The van der Waals surface area contributed by atoms with Crippen molar-refractivity contribution < 1.29 is 13.3 Å². The normalized spacial score (nSPS) is 12.0. The number of furan rings is 3. The molecule has 0 amide bonds. The highest BCUT2D eigenvalue weighted by molar-refractivity contribution is 6.19. The molecule has 0 saturated heterocycles. The Morgan fingerprint density at radius 1 is 0.309 bits per heavy atom. The summed E-state index contributed by atoms with van der Waals surface area (Å²) in [7, 11) is 0. The summed E-state index contributed by atoms with van der Waals surface area (Å²) >= 11 is 0. The van der Waals surface area contributed by atoms with Gasteiger partial charge in [0.15, 0.2) is 17.5 Å². The minimum atomic E-state index is 0.555. The van der Waals surface area contributed by atoms with Crippen LogP contribution in [-0.2, 0) is 0 Å². The van der Waals surface area contributed by atoms with Gasteiger partial charge in [0.2, 0.25) is 0 Å². The van der Waals surface area contributed by atoms with Gasteiger partial charge in [-0.25, -0.2) is 15.0 Å². The van der Waals surface area contributed by atoms with Crippen LogP contribution in [0.4, 0.5) is 0 Å². The van der Waals surface area contributed by atoms with Gasteiger partial charge in [-0.05, 0) is 52.7 Å². The van der Waals surface area contributed by atoms with Gasteiger partial charge in [-0.1, -0.05) is 127 Å². The predicted molar refractivity (Wildman–Crippen MR) is 221 cm³/mol. The maximum Gasteiger partial charge on any atom is 0.164 e. The lowest BCUT2D eigenvalue weighted by Gasteiger charge is -2.10. The molecule has 0 fully saturated rings. The van der Waals surface area contributed by atoms with Crippen LogP contribution in [0.15, 0.2) is 177 Å². The Hall–Kier alpha value is -7.57. The van der Waals surface area contributed by atoms with Crippen molar-refractivity contribution in [3.63, 3.8) is 0 Å². The first-order valence-corrected chi connectivity index (χ1v) is 18.3. The lowest BCUT2D eigenvalue weighted by Crippen LogP contribution is -2.00. The first-order valence-electron chi connectivity index (χ1n) is 18.3. The van der Waals surface area contributed by atoms with E-state index >= 15 is 0 Å². The van der Waals surface area contributed by atoms with Crippen LogP contribution in [0.1, 0.15) is 0 Å². The zero-order valence-electron chi connectivity index (χ0n) is 29.2. The van der Waals surface area contributed by atoms with Gasteiger partial charge >= 0.3 is 0 Å². The van der Waals surface area contributed by atoms with Crippen LogP contribution < -0.4 is 0 Å². The van der Waals surface area contributed by atoms with Gasteiger partial charge in [-0.3, -0.25) is 0 Å². The minimum Gasteiger partial charge on any atom is -0.456 e. The second kappa shape index (κ2) is 11.5. The van der Waals surface area contributed by atoms with Gasteiger partial charge < -0.3 is 13.3 Å². The molecule has 0 aliphatic heterocycles. The molecule has 12 aromatic rings. The van der Waals surface area contributed by atoms with Crippen LogP contribution in [0, 0.1) is 0 Å². The molecule has 6 heteroatoms. The molecule has 0 spiro atoms. The molecule has 256 valence electrons. The molecule has 4 aromatic heterocycles. The van der Waals surface area contributed by atoms with E-state index in [-0.39, 0.29) is 0 Å². The maximum absolute atomic E-state index is 6.80. The van der Waals surface area contributed by atoms with Crippen LogP contribution in [0.5, 0.6) is 0 Å². The first kappa shape index (κ1) is 29.9. The smallest absolute Gasteiger partial charge is 0.164 e. The van der Waals surface area contributed by atoms with Gasteiger partial charge in [-0.2, -0.15) is 0 Å². The number of nitrogens with zero attached hydrogens (tertiary/aromatic N) is 3. The Labute approximate surface area is 312 Å². The van der Waals surface area contributed by atoms with E-state index in [4.69, 9.17) is 28.2 Å². The molecule has 0 saturated carbocycles. The van der Waals surface area contributed by atoms with Gasteiger partial charge in [0.05, 0.1) is 0 Å². The second-order valence-electron chi connectivity index (χ2n) is 13.9. The molecule has 8 aromatic carbocycles. The van der Waals surface area contributed by atoms with Crippen molar-refractivity contribution in [1.29, 1.82) is 0 Å². The topological polar surface area (TPSA) is 78.1 Å². The lowest BCUT2D eigenvalue weighted by atomic mass is 9.97. The van der Waals surface area contributed by atoms with E-state index in [9.17, 15) is 0 Å². The molecule has 6 nitrogen and oxygen atoms in total. The highest BCUT2D eigenvalue weighted by Crippen LogP contribution is 2.44. The summed E-state index contributed by atoms with van der Waals surface area (Å²) in [6.45, 7) is 0. The molecule has 0 N–H and O–H groups in total. The number of rotatable bonds is 4. The highest BCUT2D eigenvalue weighted by Gasteiger charge is 2.22. The number of para-hydroxylation sites is 3. The maximum atomic E-state index is 6.80. The number of hydrogen-bond acceptors (Lipinski definition) is 6. The Kier molecular flexibility index (Phi) is 6.24. The Balaban J connectivity index is 1.12. The largest absolute Gasteiger partial charge is 0.456 e. The van der Waals surface area contributed by atoms with Crippen LogP contribution >= 0.6 is 0 Å². The number of benzene rings is 8. The van der Waals surface area contributed by atoms with Crippen molar-refractivity contribution >= 4 is 76.6 Å². The molecule has 0 radical (unpaired) electrons. The Morgan fingerprint density at radius 2 is 0.782 bits per heavy atom. The second-order valence-corrected chi connectivity index (χ2v) is 13.9. The van der Waals surface area contributed by atoms with Crippen molar-refractivity contribution in [2.45, 2.75) is 0 Å². The Morgan fingerprint density at radius 3 is 1.47 bits per heavy atom. The molecule has 12 rings (SSSR count). The van der Waals surface area contributed by atoms with Gasteiger partial charge in [0, 0.05) is 54.6 Å². The summed E-state index contributed by atoms with van der Waals surface area (Å²) in [6.07, 6.45) is 0. The van der Waals surface area contributed by atoms with Crippen LogP contribution in [0.3, 0.4) is 0 Å². The van der Waals surface area contributed by atoms with Crippen molar-refractivity contribution in [2.24, 2.45) is 0 Å². The van der Waals surface area contributed by atoms with Crippen molar-refractivity contribution in [3.8, 4) is 45.3 Å². The standard InChI is InChI=1S/C49H27N3O3/c1-2-12-29-27-30(26-25-28(29)11-1)47-50-48(36-18-9-23-41-44(36)34-14-4-6-21-39(34)54-41)52-49(51-47)37-19-10-24-42-45(37)35-17-7-16-32(46(35)55-42)31-15-8-22-40-43(31)33-13-3-5-20-38(33)53-40/h1-27H. The summed E-state index contributed by atoms with van der Waals surface area (Å²) < 4.78 is 19.4. The molecular weight excluding hydrogens is 679 g/mol. The molecule has 55 heavy (non-hydrogen) atoms. The average Bonchev–Trinajstić information content (AvgIpc) is 3.95. The van der Waals surface area contributed by atoms with Gasteiger partial charge in [0.1, 0.15) is 33.5 Å². The zero-order valence-corrected chi connectivity index (χ0v) is 29.2. The monoisotopic (exact) mass is 705 g/mol. The zero-order chi connectivity index (χ0) is 36.0. The fourth-order valence-electron chi connectivity index (χ4n) is 8.28. The van der Waals surface area contributed by atoms with Crippen LogP contribution in [0.25, 0.3) is 122 Å². The van der Waals surface area contributed by atoms with Crippen molar-refractivity contribution in [2.75, 3.05) is 0 Å². The fraction of sp³-hybridized carbons (Fsp3) is 0. The number of hydrogen-bond donors (Lipinski definition) is 0. The van der Waals surface area contributed by atoms with Crippen molar-refractivity contribution in [1.82, 2.24) is 15.0 Å². The third-order valence-electron chi connectivity index (χ3n) is 10.7. The summed E-state index contributed by atoms with van der Waals surface area (Å²) in [5, 5.41) is 8.30. The van der Waals surface area contributed by atoms with Gasteiger partial charge in [-0.15, -0.1) is 0 Å². The van der Waals surface area contributed by atoms with E-state index in [1.807, 2.05) is 72.8 Å². The fourth-order valence-corrected chi connectivity index (χ4v) is 8.28. The molecule has 0 atom stereocenters. The molecule has 0 aliphatic rings. The summed E-state index contributed by atoms with van der Waals surface area (Å²) in [5.41, 5.74) is 9.52. The average molecular weight is 706 g/mol. The lowest BCUT2D eigenvalue weighted by molar-refractivity contribution is 0.668. The SMILES string of the molecule is c1ccc2cc(-c3nc(-c4cccc5oc6ccccc6c45)nc(-c4cccc5oc6c(-c7cccc8oc9ccccc9c78)cccc6c45)n3)ccc2c1. The number of aromatic nitrogens is 3. The molecule has 0 aliphatic carbocycles. The van der Waals surface area contributed by atoms with E-state index in [1.54, 1.807) is 0 Å². The molecule has 4 heterocycles. The van der Waals surface area contributed by atoms with E-state index in [1.165, 1.54) is 0 Å². The third kappa shape index (κ3) is 4.52. The van der Waals surface area contributed by atoms with Crippen molar-refractivity contribution in [3.05, 3.63) is 164 Å². The summed E-state index contributed by atoms with van der Waals surface area (Å²) in [6, 6.07) is 55.6. The van der Waals surface area contributed by atoms with E-state index in [2.05, 4.69) is 91.0 Å². The molecule has 0 bridgehead atoms. The minimum absolute atomic E-state index is 0.555. The molecule has 0 unspecified atom stereocenters. The van der Waals surface area contributed by atoms with E-state index in [0.717, 1.165) is 104 Å². The van der Waals surface area contributed by atoms with Gasteiger partial charge in [0.25, 0.3) is 0 Å². The van der Waals surface area contributed by atoms with Crippen LogP contribution in [0.2, 0.25) is 0 Å². The first-order chi connectivity index (χ1) is 27.2. The quantitative estimate of drug-likeness (QED) is 0.181. The summed E-state index contributed by atoms with van der Waals surface area (Å²) in [5.74, 6) is 1.70. The number of fused-ring (bicyclic) bond motifs is 10. The predicted octanol–water partition coefficient (Wildman–Crippen LogP) is 13.4. The van der Waals surface area contributed by atoms with E-state index in [0.29, 0.717) is 17.5 Å². The summed E-state index contributed by atoms with van der Waals surface area (Å²) in [4.78, 5) is 15.7. The highest BCUT2D eigenvalue weighted by atomic mass is 16.3. The Bertz CT molecular complexity index is 3520. The molecular formula is C49H27N3O3. The third-order valence-corrected chi connectivity index (χ3v) is 10.7.